The smallest absolute Gasteiger partial charge is 0.463 e. The summed E-state index contributed by atoms with van der Waals surface area (Å²) in [6, 6.07) is 0. The Morgan fingerprint density at radius 2 is 0.818 bits per heavy atom. The maximum absolute atomic E-state index is 12.1. The van der Waals surface area contributed by atoms with E-state index >= 15 is 0 Å². The highest BCUT2D eigenvalue weighted by atomic mass is 31.2. The topological polar surface area (TPSA) is 131 Å². The third kappa shape index (κ3) is 44.0. The monoisotopic (exact) mass is 804 g/mol. The number of esters is 1. The van der Waals surface area contributed by atoms with Gasteiger partial charge in [0.2, 0.25) is 5.91 Å². The van der Waals surface area contributed by atoms with Crippen LogP contribution in [0.2, 0.25) is 0 Å². The van der Waals surface area contributed by atoms with Gasteiger partial charge in [-0.3, -0.25) is 18.6 Å². The number of unbranched alkanes of at least 4 members (excludes halogenated alkanes) is 32. The van der Waals surface area contributed by atoms with E-state index in [-0.39, 0.29) is 25.7 Å². The Balaban J connectivity index is 3.52. The van der Waals surface area contributed by atoms with E-state index in [0.717, 1.165) is 38.5 Å². The quantitative estimate of drug-likeness (QED) is 0.0315. The number of hydrogen-bond donors (Lipinski definition) is 3. The van der Waals surface area contributed by atoms with Crippen molar-refractivity contribution in [3.05, 3.63) is 0 Å². The van der Waals surface area contributed by atoms with Gasteiger partial charge in [-0.25, -0.2) is 4.57 Å². The van der Waals surface area contributed by atoms with Crippen LogP contribution < -0.4 is 5.32 Å². The van der Waals surface area contributed by atoms with Gasteiger partial charge in [0.15, 0.2) is 0 Å². The molecule has 0 saturated heterocycles. The zero-order valence-corrected chi connectivity index (χ0v) is 37.0. The van der Waals surface area contributed by atoms with Crippen LogP contribution in [0.5, 0.6) is 0 Å². The molecule has 1 amide bonds. The Morgan fingerprint density at radius 3 is 1.18 bits per heavy atom. The Hall–Kier alpha value is -0.990. The second-order valence-electron chi connectivity index (χ2n) is 16.1. The molecule has 0 aliphatic carbocycles. The minimum Gasteiger partial charge on any atom is -0.463 e. The lowest BCUT2D eigenvalue weighted by molar-refractivity contribution is -0.147. The van der Waals surface area contributed by atoms with Crippen LogP contribution in [0.1, 0.15) is 245 Å². The molecule has 0 aromatic carbocycles. The molecular formula is C45H90NO8P. The van der Waals surface area contributed by atoms with Crippen molar-refractivity contribution in [1.82, 2.24) is 5.32 Å². The number of phosphoric acid groups is 1. The van der Waals surface area contributed by atoms with Crippen molar-refractivity contribution in [2.75, 3.05) is 26.4 Å². The van der Waals surface area contributed by atoms with Crippen molar-refractivity contribution >= 4 is 19.7 Å². The first-order valence-corrected chi connectivity index (χ1v) is 25.0. The summed E-state index contributed by atoms with van der Waals surface area (Å²) in [5.74, 6) is -0.501. The van der Waals surface area contributed by atoms with Crippen LogP contribution in [0.25, 0.3) is 0 Å². The lowest BCUT2D eigenvalue weighted by Gasteiger charge is -2.15. The van der Waals surface area contributed by atoms with Gasteiger partial charge in [0, 0.05) is 19.4 Å². The van der Waals surface area contributed by atoms with E-state index in [9.17, 15) is 24.2 Å². The highest BCUT2D eigenvalue weighted by Gasteiger charge is 2.23. The second-order valence-corrected chi connectivity index (χ2v) is 17.6. The first kappa shape index (κ1) is 54.0. The zero-order chi connectivity index (χ0) is 40.3. The van der Waals surface area contributed by atoms with Crippen LogP contribution in [0.4, 0.5) is 0 Å². The number of nitrogens with one attached hydrogen (secondary N) is 1. The van der Waals surface area contributed by atoms with Crippen molar-refractivity contribution in [3.8, 4) is 0 Å². The van der Waals surface area contributed by atoms with Crippen LogP contribution in [0, 0.1) is 0 Å². The maximum Gasteiger partial charge on any atom is 0.472 e. The highest BCUT2D eigenvalue weighted by molar-refractivity contribution is 7.47. The predicted molar refractivity (Wildman–Crippen MR) is 229 cm³/mol. The van der Waals surface area contributed by atoms with E-state index in [4.69, 9.17) is 13.8 Å². The summed E-state index contributed by atoms with van der Waals surface area (Å²) in [4.78, 5) is 33.9. The van der Waals surface area contributed by atoms with E-state index in [1.54, 1.807) is 0 Å². The molecule has 328 valence electrons. The highest BCUT2D eigenvalue weighted by Crippen LogP contribution is 2.42. The summed E-state index contributed by atoms with van der Waals surface area (Å²) in [7, 11) is -4.41. The van der Waals surface area contributed by atoms with Gasteiger partial charge in [-0.1, -0.05) is 219 Å². The number of amides is 1. The number of hydrogen-bond acceptors (Lipinski definition) is 7. The van der Waals surface area contributed by atoms with Gasteiger partial charge >= 0.3 is 13.8 Å². The summed E-state index contributed by atoms with van der Waals surface area (Å²) in [6.07, 6.45) is 43.2. The average Bonchev–Trinajstić information content (AvgIpc) is 3.17. The average molecular weight is 804 g/mol. The molecular weight excluding hydrogens is 713 g/mol. The predicted octanol–water partition coefficient (Wildman–Crippen LogP) is 13.2. The van der Waals surface area contributed by atoms with Crippen LogP contribution in [0.15, 0.2) is 0 Å². The van der Waals surface area contributed by atoms with Gasteiger partial charge in [-0.2, -0.15) is 0 Å². The number of aliphatic hydroxyl groups excluding tert-OH is 1. The van der Waals surface area contributed by atoms with Crippen molar-refractivity contribution in [2.45, 2.75) is 251 Å². The largest absolute Gasteiger partial charge is 0.472 e. The lowest BCUT2D eigenvalue weighted by Crippen LogP contribution is -2.27. The summed E-state index contributed by atoms with van der Waals surface area (Å²) >= 11 is 0. The molecule has 0 aliphatic rings. The molecule has 0 heterocycles. The van der Waals surface area contributed by atoms with Crippen molar-refractivity contribution < 1.29 is 37.9 Å². The third-order valence-corrected chi connectivity index (χ3v) is 11.5. The SMILES string of the molecule is CCCCCCCCCCCCCCCCCCCCCCC(=O)OCC(O)COP(=O)(O)OCCNC(=O)CCCCCCCCCCCCCCCC. The van der Waals surface area contributed by atoms with Crippen LogP contribution in [-0.4, -0.2) is 54.3 Å². The number of rotatable bonds is 45. The Kier molecular flexibility index (Phi) is 41.8. The molecule has 0 aliphatic heterocycles. The molecule has 10 heteroatoms. The van der Waals surface area contributed by atoms with Crippen LogP contribution in [0.3, 0.4) is 0 Å². The van der Waals surface area contributed by atoms with Gasteiger partial charge in [-0.05, 0) is 12.8 Å². The van der Waals surface area contributed by atoms with Crippen molar-refractivity contribution in [2.24, 2.45) is 0 Å². The fraction of sp³-hybridized carbons (Fsp3) is 0.956. The summed E-state index contributed by atoms with van der Waals surface area (Å²) in [5, 5.41) is 12.7. The Morgan fingerprint density at radius 1 is 0.491 bits per heavy atom. The van der Waals surface area contributed by atoms with Crippen LogP contribution in [-0.2, 0) is 27.9 Å². The van der Waals surface area contributed by atoms with Gasteiger partial charge < -0.3 is 20.1 Å². The van der Waals surface area contributed by atoms with Crippen molar-refractivity contribution in [1.29, 1.82) is 0 Å². The lowest BCUT2D eigenvalue weighted by atomic mass is 10.0. The molecule has 0 aromatic rings. The normalized spacial score (nSPS) is 13.2. The molecule has 2 unspecified atom stereocenters. The number of ether oxygens (including phenoxy) is 1. The zero-order valence-electron chi connectivity index (χ0n) is 36.2. The van der Waals surface area contributed by atoms with Gasteiger partial charge in [0.05, 0.1) is 13.2 Å². The Bertz CT molecular complexity index is 876. The molecule has 55 heavy (non-hydrogen) atoms. The van der Waals surface area contributed by atoms with E-state index in [0.29, 0.717) is 12.8 Å². The van der Waals surface area contributed by atoms with Crippen molar-refractivity contribution in [3.63, 3.8) is 0 Å². The molecule has 0 rings (SSSR count). The summed E-state index contributed by atoms with van der Waals surface area (Å²) < 4.78 is 26.9. The number of aliphatic hydroxyl groups is 1. The third-order valence-electron chi connectivity index (χ3n) is 10.5. The molecule has 3 N–H and O–H groups in total. The van der Waals surface area contributed by atoms with E-state index in [1.807, 2.05) is 0 Å². The van der Waals surface area contributed by atoms with Gasteiger partial charge in [0.1, 0.15) is 12.7 Å². The molecule has 0 radical (unpaired) electrons. The number of carbonyl (C=O) groups excluding carboxylic acids is 2. The second kappa shape index (κ2) is 42.6. The Labute approximate surface area is 339 Å². The molecule has 0 bridgehead atoms. The molecule has 0 spiro atoms. The molecule has 0 saturated carbocycles. The van der Waals surface area contributed by atoms with E-state index in [2.05, 4.69) is 19.2 Å². The maximum atomic E-state index is 12.1. The fourth-order valence-corrected chi connectivity index (χ4v) is 7.73. The van der Waals surface area contributed by atoms with Gasteiger partial charge in [0.25, 0.3) is 0 Å². The summed E-state index contributed by atoms with van der Waals surface area (Å²) in [5.41, 5.74) is 0. The fourth-order valence-electron chi connectivity index (χ4n) is 6.97. The van der Waals surface area contributed by atoms with E-state index in [1.165, 1.54) is 180 Å². The molecule has 0 aromatic heterocycles. The first-order chi connectivity index (χ1) is 26.8. The first-order valence-electron chi connectivity index (χ1n) is 23.5. The standard InChI is InChI=1S/C45H90NO8P/c1-3-5-7-9-11-13-15-17-19-20-21-22-23-24-26-28-30-32-34-36-38-45(49)52-41-43(47)42-54-55(50,51)53-40-39-46-44(48)37-35-33-31-29-27-25-18-16-14-12-10-8-6-4-2/h43,47H,3-42H2,1-2H3,(H,46,48)(H,50,51). The minimum absolute atomic E-state index is 0.0883. The molecule has 2 atom stereocenters. The van der Waals surface area contributed by atoms with Gasteiger partial charge in [-0.15, -0.1) is 0 Å². The molecule has 0 fully saturated rings. The summed E-state index contributed by atoms with van der Waals surface area (Å²) in [6.45, 7) is 3.61. The van der Waals surface area contributed by atoms with E-state index < -0.39 is 26.5 Å². The number of phosphoric ester groups is 1. The van der Waals surface area contributed by atoms with Crippen LogP contribution >= 0.6 is 7.82 Å². The number of carbonyl (C=O) groups is 2. The molecule has 9 nitrogen and oxygen atoms in total. The minimum atomic E-state index is -4.41.